The van der Waals surface area contributed by atoms with Crippen LogP contribution >= 0.6 is 0 Å². The Kier molecular flexibility index (Phi) is 4.47. The molecule has 0 aliphatic heterocycles. The van der Waals surface area contributed by atoms with E-state index < -0.39 is 24.5 Å². The van der Waals surface area contributed by atoms with E-state index in [0.29, 0.717) is 0 Å². The van der Waals surface area contributed by atoms with Crippen LogP contribution in [-0.4, -0.2) is 34.7 Å². The van der Waals surface area contributed by atoms with Gasteiger partial charge in [-0.1, -0.05) is 30.3 Å². The highest BCUT2D eigenvalue weighted by molar-refractivity contribution is 5.84. The fourth-order valence-electron chi connectivity index (χ4n) is 1.21. The SMILES string of the molecule is O=C(Cc1ccccc1)N[C@H](CO)C(=O)O. The molecule has 1 atom stereocenters. The lowest BCUT2D eigenvalue weighted by atomic mass is 10.1. The van der Waals surface area contributed by atoms with Crippen molar-refractivity contribution in [2.24, 2.45) is 0 Å². The maximum Gasteiger partial charge on any atom is 0.328 e. The first kappa shape index (κ1) is 12.2. The maximum absolute atomic E-state index is 11.4. The van der Waals surface area contributed by atoms with Crippen LogP contribution in [0.2, 0.25) is 0 Å². The van der Waals surface area contributed by atoms with Crippen LogP contribution in [0.15, 0.2) is 30.3 Å². The van der Waals surface area contributed by atoms with Crippen molar-refractivity contribution < 1.29 is 19.8 Å². The van der Waals surface area contributed by atoms with Gasteiger partial charge >= 0.3 is 5.97 Å². The lowest BCUT2D eigenvalue weighted by Crippen LogP contribution is -2.43. The van der Waals surface area contributed by atoms with E-state index in [2.05, 4.69) is 5.32 Å². The highest BCUT2D eigenvalue weighted by atomic mass is 16.4. The van der Waals surface area contributed by atoms with Gasteiger partial charge in [-0.3, -0.25) is 4.79 Å². The van der Waals surface area contributed by atoms with Gasteiger partial charge in [0.05, 0.1) is 13.0 Å². The molecule has 0 unspecified atom stereocenters. The Hall–Kier alpha value is -1.88. The van der Waals surface area contributed by atoms with Crippen molar-refractivity contribution in [3.8, 4) is 0 Å². The first-order valence-corrected chi connectivity index (χ1v) is 4.80. The summed E-state index contributed by atoms with van der Waals surface area (Å²) < 4.78 is 0. The summed E-state index contributed by atoms with van der Waals surface area (Å²) in [6.07, 6.45) is 0.102. The fraction of sp³-hybridized carbons (Fsp3) is 0.273. The average Bonchev–Trinajstić information content (AvgIpc) is 2.27. The number of benzene rings is 1. The lowest BCUT2D eigenvalue weighted by Gasteiger charge is -2.11. The quantitative estimate of drug-likeness (QED) is 0.644. The highest BCUT2D eigenvalue weighted by Crippen LogP contribution is 1.99. The number of hydrogen-bond acceptors (Lipinski definition) is 3. The second-order valence-electron chi connectivity index (χ2n) is 3.30. The highest BCUT2D eigenvalue weighted by Gasteiger charge is 2.18. The fourth-order valence-corrected chi connectivity index (χ4v) is 1.21. The van der Waals surface area contributed by atoms with E-state index in [1.165, 1.54) is 0 Å². The Morgan fingerprint density at radius 2 is 1.88 bits per heavy atom. The number of carbonyl (C=O) groups is 2. The summed E-state index contributed by atoms with van der Waals surface area (Å²) in [5.74, 6) is -1.67. The van der Waals surface area contributed by atoms with Gasteiger partial charge < -0.3 is 15.5 Å². The number of aliphatic carboxylic acids is 1. The summed E-state index contributed by atoms with van der Waals surface area (Å²) in [5.41, 5.74) is 0.794. The van der Waals surface area contributed by atoms with Crippen LogP contribution in [0, 0.1) is 0 Å². The Morgan fingerprint density at radius 1 is 1.25 bits per heavy atom. The number of aliphatic hydroxyl groups is 1. The van der Waals surface area contributed by atoms with Gasteiger partial charge in [-0.15, -0.1) is 0 Å². The predicted molar refractivity (Wildman–Crippen MR) is 56.8 cm³/mol. The number of carboxylic acids is 1. The molecule has 5 nitrogen and oxygen atoms in total. The van der Waals surface area contributed by atoms with Crippen molar-refractivity contribution in [3.63, 3.8) is 0 Å². The maximum atomic E-state index is 11.4. The third kappa shape index (κ3) is 3.70. The molecule has 86 valence electrons. The minimum absolute atomic E-state index is 0.102. The van der Waals surface area contributed by atoms with Gasteiger partial charge in [-0.2, -0.15) is 0 Å². The first-order chi connectivity index (χ1) is 7.63. The van der Waals surface area contributed by atoms with Crippen molar-refractivity contribution in [2.45, 2.75) is 12.5 Å². The van der Waals surface area contributed by atoms with Crippen molar-refractivity contribution in [1.82, 2.24) is 5.32 Å². The van der Waals surface area contributed by atoms with Gasteiger partial charge in [0.1, 0.15) is 6.04 Å². The van der Waals surface area contributed by atoms with Crippen LogP contribution in [0.4, 0.5) is 0 Å². The summed E-state index contributed by atoms with van der Waals surface area (Å²) in [6, 6.07) is 7.72. The Morgan fingerprint density at radius 3 is 2.38 bits per heavy atom. The molecule has 1 amide bonds. The minimum Gasteiger partial charge on any atom is -0.480 e. The molecule has 0 bridgehead atoms. The smallest absolute Gasteiger partial charge is 0.328 e. The van der Waals surface area contributed by atoms with Crippen molar-refractivity contribution in [1.29, 1.82) is 0 Å². The third-order valence-electron chi connectivity index (χ3n) is 2.02. The monoisotopic (exact) mass is 223 g/mol. The zero-order chi connectivity index (χ0) is 12.0. The molecule has 0 aromatic heterocycles. The number of hydrogen-bond donors (Lipinski definition) is 3. The molecule has 16 heavy (non-hydrogen) atoms. The molecule has 0 aliphatic carbocycles. The molecule has 0 heterocycles. The van der Waals surface area contributed by atoms with Crippen molar-refractivity contribution in [3.05, 3.63) is 35.9 Å². The summed E-state index contributed by atoms with van der Waals surface area (Å²) in [5, 5.41) is 19.6. The Bertz CT molecular complexity index is 364. The second kappa shape index (κ2) is 5.87. The van der Waals surface area contributed by atoms with Gasteiger partial charge in [0, 0.05) is 0 Å². The van der Waals surface area contributed by atoms with Gasteiger partial charge in [-0.25, -0.2) is 4.79 Å². The predicted octanol–water partition coefficient (Wildman–Crippen LogP) is -0.209. The topological polar surface area (TPSA) is 86.6 Å². The minimum atomic E-state index is -1.25. The molecule has 5 heteroatoms. The normalized spacial score (nSPS) is 11.8. The molecule has 0 saturated heterocycles. The zero-order valence-electron chi connectivity index (χ0n) is 8.59. The molecule has 1 rings (SSSR count). The number of nitrogens with one attached hydrogen (secondary N) is 1. The Labute approximate surface area is 92.7 Å². The van der Waals surface area contributed by atoms with E-state index in [-0.39, 0.29) is 6.42 Å². The van der Waals surface area contributed by atoms with E-state index >= 15 is 0 Å². The van der Waals surface area contributed by atoms with Gasteiger partial charge in [0.25, 0.3) is 0 Å². The number of carboxylic acid groups (broad SMARTS) is 1. The first-order valence-electron chi connectivity index (χ1n) is 4.80. The van der Waals surface area contributed by atoms with Crippen LogP contribution in [0.3, 0.4) is 0 Å². The van der Waals surface area contributed by atoms with Crippen LogP contribution in [0.5, 0.6) is 0 Å². The van der Waals surface area contributed by atoms with Crippen LogP contribution in [0.1, 0.15) is 5.56 Å². The number of aliphatic hydroxyl groups excluding tert-OH is 1. The molecule has 3 N–H and O–H groups in total. The van der Waals surface area contributed by atoms with E-state index in [9.17, 15) is 9.59 Å². The van der Waals surface area contributed by atoms with E-state index in [1.54, 1.807) is 24.3 Å². The lowest BCUT2D eigenvalue weighted by molar-refractivity contribution is -0.142. The summed E-state index contributed by atoms with van der Waals surface area (Å²) >= 11 is 0. The number of amides is 1. The van der Waals surface area contributed by atoms with Crippen molar-refractivity contribution in [2.75, 3.05) is 6.61 Å². The van der Waals surface area contributed by atoms with E-state index in [0.717, 1.165) is 5.56 Å². The van der Waals surface area contributed by atoms with E-state index in [4.69, 9.17) is 10.2 Å². The largest absolute Gasteiger partial charge is 0.480 e. The number of rotatable bonds is 5. The molecular formula is C11H13NO4. The molecule has 1 aromatic carbocycles. The van der Waals surface area contributed by atoms with Crippen molar-refractivity contribution >= 4 is 11.9 Å². The molecule has 1 aromatic rings. The van der Waals surface area contributed by atoms with Gasteiger partial charge in [0.2, 0.25) is 5.91 Å². The summed E-state index contributed by atoms with van der Waals surface area (Å²) in [6.45, 7) is -0.615. The third-order valence-corrected chi connectivity index (χ3v) is 2.02. The van der Waals surface area contributed by atoms with Crippen LogP contribution in [0.25, 0.3) is 0 Å². The summed E-state index contributed by atoms with van der Waals surface area (Å²) in [4.78, 5) is 21.9. The van der Waals surface area contributed by atoms with Gasteiger partial charge in [-0.05, 0) is 5.56 Å². The zero-order valence-corrected chi connectivity index (χ0v) is 8.59. The molecule has 0 radical (unpaired) electrons. The van der Waals surface area contributed by atoms with Crippen LogP contribution in [-0.2, 0) is 16.0 Å². The average molecular weight is 223 g/mol. The standard InChI is InChI=1S/C11H13NO4/c13-7-9(11(15)16)12-10(14)6-8-4-2-1-3-5-8/h1-5,9,13H,6-7H2,(H,12,14)(H,15,16)/t9-/m1/s1. The molecule has 0 spiro atoms. The number of carbonyl (C=O) groups excluding carboxylic acids is 1. The summed E-state index contributed by atoms with van der Waals surface area (Å²) in [7, 11) is 0. The Balaban J connectivity index is 2.50. The second-order valence-corrected chi connectivity index (χ2v) is 3.30. The molecular weight excluding hydrogens is 210 g/mol. The van der Waals surface area contributed by atoms with Gasteiger partial charge in [0.15, 0.2) is 0 Å². The molecule has 0 fully saturated rings. The molecule has 0 aliphatic rings. The molecule has 0 saturated carbocycles. The van der Waals surface area contributed by atoms with E-state index in [1.807, 2.05) is 6.07 Å². The van der Waals surface area contributed by atoms with Crippen LogP contribution < -0.4 is 5.32 Å².